The number of rotatable bonds is 9. The number of benzene rings is 2. The monoisotopic (exact) mass is 444 g/mol. The van der Waals surface area contributed by atoms with Gasteiger partial charge in [0.1, 0.15) is 11.4 Å². The van der Waals surface area contributed by atoms with Crippen LogP contribution in [0.3, 0.4) is 0 Å². The quantitative estimate of drug-likeness (QED) is 0.471. The average Bonchev–Trinajstić information content (AvgIpc) is 3.63. The number of hydrogen-bond donors (Lipinski definition) is 1. The maximum Gasteiger partial charge on any atom is 0.354 e. The van der Waals surface area contributed by atoms with E-state index in [-0.39, 0.29) is 29.0 Å². The molecule has 0 atom stereocenters. The summed E-state index contributed by atoms with van der Waals surface area (Å²) in [6.45, 7) is 3.42. The van der Waals surface area contributed by atoms with Gasteiger partial charge < -0.3 is 14.8 Å². The van der Waals surface area contributed by atoms with Gasteiger partial charge in [-0.25, -0.2) is 13.2 Å². The van der Waals surface area contributed by atoms with Gasteiger partial charge in [-0.15, -0.1) is 0 Å². The molecule has 2 aromatic carbocycles. The normalized spacial score (nSPS) is 13.2. The summed E-state index contributed by atoms with van der Waals surface area (Å²) in [5, 5.41) is 2.84. The van der Waals surface area contributed by atoms with Gasteiger partial charge in [-0.3, -0.25) is 9.10 Å². The summed E-state index contributed by atoms with van der Waals surface area (Å²) >= 11 is 0. The summed E-state index contributed by atoms with van der Waals surface area (Å²) in [5.41, 5.74) is 0.646. The van der Waals surface area contributed by atoms with Gasteiger partial charge in [0, 0.05) is 11.6 Å². The second-order valence-corrected chi connectivity index (χ2v) is 8.91. The predicted molar refractivity (Wildman–Crippen MR) is 115 cm³/mol. The maximum absolute atomic E-state index is 13.4. The van der Waals surface area contributed by atoms with Crippen LogP contribution in [-0.2, 0) is 30.9 Å². The molecule has 9 heteroatoms. The molecule has 31 heavy (non-hydrogen) atoms. The highest BCUT2D eigenvalue weighted by Crippen LogP contribution is 2.32. The van der Waals surface area contributed by atoms with E-state index >= 15 is 0 Å². The fraction of sp³-hybridized carbons (Fsp3) is 0.273. The van der Waals surface area contributed by atoms with Crippen molar-refractivity contribution in [3.05, 3.63) is 66.4 Å². The van der Waals surface area contributed by atoms with Gasteiger partial charge in [0.25, 0.3) is 10.0 Å². The van der Waals surface area contributed by atoms with E-state index in [4.69, 9.17) is 9.47 Å². The Balaban J connectivity index is 1.97. The van der Waals surface area contributed by atoms with Crippen molar-refractivity contribution in [3.63, 3.8) is 0 Å². The Labute approximate surface area is 181 Å². The van der Waals surface area contributed by atoms with Crippen molar-refractivity contribution in [2.24, 2.45) is 5.92 Å². The molecule has 1 aliphatic carbocycles. The fourth-order valence-electron chi connectivity index (χ4n) is 2.94. The van der Waals surface area contributed by atoms with E-state index in [1.54, 1.807) is 24.3 Å². The molecule has 0 bridgehead atoms. The molecule has 2 aromatic rings. The highest BCUT2D eigenvalue weighted by Gasteiger charge is 2.32. The zero-order chi connectivity index (χ0) is 22.6. The molecule has 0 spiro atoms. The topological polar surface area (TPSA) is 102 Å². The first kappa shape index (κ1) is 22.4. The van der Waals surface area contributed by atoms with Gasteiger partial charge in [-0.1, -0.05) is 24.8 Å². The first-order chi connectivity index (χ1) is 14.8. The van der Waals surface area contributed by atoms with Crippen molar-refractivity contribution in [2.45, 2.75) is 24.3 Å². The number of sulfonamides is 1. The van der Waals surface area contributed by atoms with E-state index in [0.717, 1.165) is 24.3 Å². The Hall–Kier alpha value is -3.33. The summed E-state index contributed by atoms with van der Waals surface area (Å²) in [4.78, 5) is 24.4. The van der Waals surface area contributed by atoms with Crippen LogP contribution < -0.4 is 10.1 Å². The lowest BCUT2D eigenvalue weighted by Gasteiger charge is -2.26. The average molecular weight is 445 g/mol. The molecule has 1 fully saturated rings. The molecule has 1 saturated carbocycles. The molecule has 3 rings (SSSR count). The van der Waals surface area contributed by atoms with Crippen molar-refractivity contribution < 1.29 is 27.5 Å². The predicted octanol–water partition coefficient (Wildman–Crippen LogP) is 2.92. The van der Waals surface area contributed by atoms with Gasteiger partial charge in [0.15, 0.2) is 0 Å². The van der Waals surface area contributed by atoms with Gasteiger partial charge in [-0.2, -0.15) is 0 Å². The van der Waals surface area contributed by atoms with Gasteiger partial charge >= 0.3 is 5.97 Å². The Bertz CT molecular complexity index is 1090. The van der Waals surface area contributed by atoms with Crippen molar-refractivity contribution in [2.75, 3.05) is 19.5 Å². The first-order valence-corrected chi connectivity index (χ1v) is 11.0. The van der Waals surface area contributed by atoms with E-state index in [0.29, 0.717) is 17.0 Å². The molecule has 8 nitrogen and oxygen atoms in total. The largest absolute Gasteiger partial charge is 0.497 e. The van der Waals surface area contributed by atoms with Crippen LogP contribution in [0.25, 0.3) is 0 Å². The van der Waals surface area contributed by atoms with Gasteiger partial charge in [0.2, 0.25) is 5.91 Å². The minimum absolute atomic E-state index is 0.0165. The number of carbonyl (C=O) groups excluding carboxylic acids is 2. The lowest BCUT2D eigenvalue weighted by atomic mass is 10.1. The molecule has 0 saturated heterocycles. The third-order valence-electron chi connectivity index (χ3n) is 4.91. The second-order valence-electron chi connectivity index (χ2n) is 7.05. The Morgan fingerprint density at radius 2 is 1.74 bits per heavy atom. The summed E-state index contributed by atoms with van der Waals surface area (Å²) < 4.78 is 37.4. The smallest absolute Gasteiger partial charge is 0.354 e. The third kappa shape index (κ3) is 5.05. The summed E-state index contributed by atoms with van der Waals surface area (Å²) in [6.07, 6.45) is 1.68. The number of amides is 1. The Kier molecular flexibility index (Phi) is 6.65. The number of carbonyl (C=O) groups is 2. The van der Waals surface area contributed by atoms with E-state index in [2.05, 4.69) is 11.9 Å². The van der Waals surface area contributed by atoms with Crippen LogP contribution in [0, 0.1) is 5.92 Å². The van der Waals surface area contributed by atoms with Crippen LogP contribution in [-0.4, -0.2) is 38.8 Å². The Morgan fingerprint density at radius 3 is 2.32 bits per heavy atom. The minimum atomic E-state index is -4.16. The van der Waals surface area contributed by atoms with Gasteiger partial charge in [-0.05, 0) is 48.7 Å². The van der Waals surface area contributed by atoms with E-state index in [9.17, 15) is 18.0 Å². The standard InChI is InChI=1S/C22H24N2O6S/c1-15(22(26)30-3)24(31(27,28)19-12-10-18(29-2)11-13-19)14-17-6-4-5-7-20(17)23-21(25)16-8-9-16/h4-7,10-13,16H,1,8-9,14H2,2-3H3,(H,23,25). The first-order valence-electron chi connectivity index (χ1n) is 9.60. The molecule has 0 heterocycles. The highest BCUT2D eigenvalue weighted by molar-refractivity contribution is 7.89. The molecular formula is C22H24N2O6S. The van der Waals surface area contributed by atoms with Gasteiger partial charge in [0.05, 0.1) is 25.7 Å². The number of nitrogens with one attached hydrogen (secondary N) is 1. The van der Waals surface area contributed by atoms with Crippen molar-refractivity contribution in [1.29, 1.82) is 0 Å². The molecule has 0 unspecified atom stereocenters. The Morgan fingerprint density at radius 1 is 1.10 bits per heavy atom. The van der Waals surface area contributed by atoms with Crippen LogP contribution in [0.1, 0.15) is 18.4 Å². The summed E-state index contributed by atoms with van der Waals surface area (Å²) in [5.74, 6) is -0.511. The lowest BCUT2D eigenvalue weighted by molar-refractivity contribution is -0.137. The summed E-state index contributed by atoms with van der Waals surface area (Å²) in [7, 11) is -1.54. The summed E-state index contributed by atoms with van der Waals surface area (Å²) in [6, 6.07) is 12.6. The molecule has 1 aliphatic rings. The van der Waals surface area contributed by atoms with Crippen LogP contribution in [0.15, 0.2) is 65.7 Å². The van der Waals surface area contributed by atoms with E-state index in [1.165, 1.54) is 31.4 Å². The zero-order valence-corrected chi connectivity index (χ0v) is 18.1. The number of esters is 1. The van der Waals surface area contributed by atoms with Crippen molar-refractivity contribution >= 4 is 27.6 Å². The van der Waals surface area contributed by atoms with Crippen molar-refractivity contribution in [3.8, 4) is 5.75 Å². The van der Waals surface area contributed by atoms with Crippen LogP contribution in [0.4, 0.5) is 5.69 Å². The molecule has 0 radical (unpaired) electrons. The molecular weight excluding hydrogens is 420 g/mol. The number of ether oxygens (including phenoxy) is 2. The highest BCUT2D eigenvalue weighted by atomic mass is 32.2. The minimum Gasteiger partial charge on any atom is -0.497 e. The SMILES string of the molecule is C=C(C(=O)OC)N(Cc1ccccc1NC(=O)C1CC1)S(=O)(=O)c1ccc(OC)cc1. The second kappa shape index (κ2) is 9.22. The van der Waals surface area contributed by atoms with Crippen LogP contribution in [0.2, 0.25) is 0 Å². The van der Waals surface area contributed by atoms with Crippen LogP contribution >= 0.6 is 0 Å². The molecule has 1 amide bonds. The van der Waals surface area contributed by atoms with E-state index in [1.807, 2.05) is 0 Å². The number of nitrogens with zero attached hydrogens (tertiary/aromatic N) is 1. The van der Waals surface area contributed by atoms with Crippen LogP contribution in [0.5, 0.6) is 5.75 Å². The number of methoxy groups -OCH3 is 2. The van der Waals surface area contributed by atoms with Crippen molar-refractivity contribution in [1.82, 2.24) is 4.31 Å². The number of anilines is 1. The molecule has 1 N–H and O–H groups in total. The maximum atomic E-state index is 13.4. The fourth-order valence-corrected chi connectivity index (χ4v) is 4.34. The van der Waals surface area contributed by atoms with E-state index < -0.39 is 16.0 Å². The number of hydrogen-bond acceptors (Lipinski definition) is 6. The molecule has 164 valence electrons. The molecule has 0 aliphatic heterocycles. The lowest BCUT2D eigenvalue weighted by Crippen LogP contribution is -2.33. The number of para-hydroxylation sites is 1. The third-order valence-corrected chi connectivity index (χ3v) is 6.70. The zero-order valence-electron chi connectivity index (χ0n) is 17.3. The molecule has 0 aromatic heterocycles.